The third-order valence-electron chi connectivity index (χ3n) is 7.62. The highest BCUT2D eigenvalue weighted by Crippen LogP contribution is 2.24. The van der Waals surface area contributed by atoms with Crippen LogP contribution in [0, 0.1) is 0 Å². The topological polar surface area (TPSA) is 107 Å². The van der Waals surface area contributed by atoms with Crippen LogP contribution in [0.15, 0.2) is 46.4 Å². The SMILES string of the molecule is CCCCCCCCCCOc1ccc(C=NCC([O-])CN=Cc2ccc(OCCCCCCCCCC)cc2O)c(O)c1. The van der Waals surface area contributed by atoms with Gasteiger partial charge in [-0.25, -0.2) is 0 Å². The maximum Gasteiger partial charge on any atom is 0.128 e. The van der Waals surface area contributed by atoms with Gasteiger partial charge in [0.1, 0.15) is 23.0 Å². The molecule has 0 bridgehead atoms. The van der Waals surface area contributed by atoms with Crippen LogP contribution in [0.1, 0.15) is 128 Å². The summed E-state index contributed by atoms with van der Waals surface area (Å²) in [4.78, 5) is 8.39. The second kappa shape index (κ2) is 24.3. The van der Waals surface area contributed by atoms with Crippen molar-refractivity contribution in [1.29, 1.82) is 0 Å². The molecule has 2 rings (SSSR count). The molecule has 0 aliphatic rings. The van der Waals surface area contributed by atoms with Crippen molar-refractivity contribution < 1.29 is 24.8 Å². The number of benzene rings is 2. The molecule has 0 spiro atoms. The van der Waals surface area contributed by atoms with Crippen molar-refractivity contribution >= 4 is 12.4 Å². The number of phenols is 2. The van der Waals surface area contributed by atoms with Crippen LogP contribution in [0.25, 0.3) is 0 Å². The molecule has 0 unspecified atom stereocenters. The van der Waals surface area contributed by atoms with E-state index in [1.807, 2.05) is 12.1 Å². The van der Waals surface area contributed by atoms with Gasteiger partial charge in [0.05, 0.1) is 13.2 Å². The number of aliphatic imine (C=N–C) groups is 2. The third-order valence-corrected chi connectivity index (χ3v) is 7.62. The van der Waals surface area contributed by atoms with E-state index < -0.39 is 6.10 Å². The molecule has 44 heavy (non-hydrogen) atoms. The van der Waals surface area contributed by atoms with Gasteiger partial charge in [-0.05, 0) is 37.1 Å². The van der Waals surface area contributed by atoms with E-state index in [0.717, 1.165) is 25.7 Å². The van der Waals surface area contributed by atoms with E-state index in [4.69, 9.17) is 9.47 Å². The number of rotatable bonds is 26. The van der Waals surface area contributed by atoms with Gasteiger partial charge in [-0.1, -0.05) is 110 Å². The van der Waals surface area contributed by atoms with Gasteiger partial charge in [0.25, 0.3) is 0 Å². The number of ether oxygens (including phenoxy) is 2. The van der Waals surface area contributed by atoms with Crippen molar-refractivity contribution in [2.75, 3.05) is 26.3 Å². The fourth-order valence-electron chi connectivity index (χ4n) is 4.89. The standard InChI is InChI=1S/C37H57N2O5/c1-3-5-7-9-11-13-15-17-23-43-34-21-19-31(36(41)25-34)27-38-29-33(40)30-39-28-32-20-22-35(26-37(32)42)44-24-18-16-14-12-10-8-6-4-2/h19-22,25-28,33,41-42H,3-18,23-24,29-30H2,1-2H3/q-1. The Kier molecular flexibility index (Phi) is 20.5. The first-order chi connectivity index (χ1) is 21.5. The van der Waals surface area contributed by atoms with Crippen LogP contribution in [0.3, 0.4) is 0 Å². The molecular formula is C37H57N2O5-. The van der Waals surface area contributed by atoms with E-state index in [9.17, 15) is 15.3 Å². The Hall–Kier alpha value is -3.06. The van der Waals surface area contributed by atoms with Gasteiger partial charge in [0.2, 0.25) is 0 Å². The van der Waals surface area contributed by atoms with Gasteiger partial charge in [-0.15, -0.1) is 0 Å². The van der Waals surface area contributed by atoms with E-state index in [0.29, 0.717) is 35.8 Å². The highest BCUT2D eigenvalue weighted by molar-refractivity contribution is 5.84. The normalized spacial score (nSPS) is 12.3. The molecule has 2 N–H and O–H groups in total. The highest BCUT2D eigenvalue weighted by atomic mass is 16.5. The molecule has 0 atom stereocenters. The lowest BCUT2D eigenvalue weighted by atomic mass is 10.1. The first-order valence-electron chi connectivity index (χ1n) is 17.1. The summed E-state index contributed by atoms with van der Waals surface area (Å²) in [6, 6.07) is 10.3. The van der Waals surface area contributed by atoms with Gasteiger partial charge in [-0.2, -0.15) is 0 Å². The predicted octanol–water partition coefficient (Wildman–Crippen LogP) is 8.40. The summed E-state index contributed by atoms with van der Waals surface area (Å²) in [5.74, 6) is 1.40. The molecule has 0 saturated heterocycles. The first kappa shape index (κ1) is 37.1. The largest absolute Gasteiger partial charge is 0.849 e. The minimum absolute atomic E-state index is 0.0327. The minimum atomic E-state index is -1.03. The molecule has 0 aliphatic heterocycles. The van der Waals surface area contributed by atoms with E-state index in [2.05, 4.69) is 23.8 Å². The fourth-order valence-corrected chi connectivity index (χ4v) is 4.89. The van der Waals surface area contributed by atoms with Crippen LogP contribution in [0.5, 0.6) is 23.0 Å². The Morgan fingerprint density at radius 1 is 0.591 bits per heavy atom. The zero-order chi connectivity index (χ0) is 31.7. The Bertz CT molecular complexity index is 988. The van der Waals surface area contributed by atoms with Gasteiger partial charge in [0, 0.05) is 48.8 Å². The van der Waals surface area contributed by atoms with Crippen molar-refractivity contribution in [3.05, 3.63) is 47.5 Å². The molecular weight excluding hydrogens is 552 g/mol. The molecule has 7 heteroatoms. The lowest BCUT2D eigenvalue weighted by Crippen LogP contribution is -2.31. The minimum Gasteiger partial charge on any atom is -0.849 e. The van der Waals surface area contributed by atoms with Crippen molar-refractivity contribution in [2.24, 2.45) is 9.98 Å². The van der Waals surface area contributed by atoms with Crippen LogP contribution in [0.4, 0.5) is 0 Å². The van der Waals surface area contributed by atoms with Crippen molar-refractivity contribution in [3.63, 3.8) is 0 Å². The number of unbranched alkanes of at least 4 members (excludes halogenated alkanes) is 14. The summed E-state index contributed by atoms with van der Waals surface area (Å²) in [5.41, 5.74) is 1.07. The molecule has 0 saturated carbocycles. The predicted molar refractivity (Wildman–Crippen MR) is 181 cm³/mol. The smallest absolute Gasteiger partial charge is 0.128 e. The summed E-state index contributed by atoms with van der Waals surface area (Å²) >= 11 is 0. The lowest BCUT2D eigenvalue weighted by molar-refractivity contribution is -0.411. The molecule has 0 heterocycles. The average Bonchev–Trinajstić information content (AvgIpc) is 3.01. The molecule has 0 amide bonds. The van der Waals surface area contributed by atoms with Crippen molar-refractivity contribution in [1.82, 2.24) is 0 Å². The van der Waals surface area contributed by atoms with E-state index >= 15 is 0 Å². The monoisotopic (exact) mass is 609 g/mol. The molecule has 2 aromatic rings. The summed E-state index contributed by atoms with van der Waals surface area (Å²) in [6.45, 7) is 5.80. The van der Waals surface area contributed by atoms with Crippen LogP contribution in [0.2, 0.25) is 0 Å². The molecule has 2 aromatic carbocycles. The van der Waals surface area contributed by atoms with E-state index in [1.165, 1.54) is 89.5 Å². The molecule has 7 nitrogen and oxygen atoms in total. The quantitative estimate of drug-likeness (QED) is 0.0823. The Morgan fingerprint density at radius 3 is 1.32 bits per heavy atom. The zero-order valence-corrected chi connectivity index (χ0v) is 27.4. The van der Waals surface area contributed by atoms with E-state index in [-0.39, 0.29) is 24.6 Å². The Balaban J connectivity index is 1.62. The number of nitrogens with zero attached hydrogens (tertiary/aromatic N) is 2. The van der Waals surface area contributed by atoms with Crippen molar-refractivity contribution in [3.8, 4) is 23.0 Å². The molecule has 0 fully saturated rings. The first-order valence-corrected chi connectivity index (χ1v) is 17.1. The second-order valence-corrected chi connectivity index (χ2v) is 11.7. The number of phenolic OH excluding ortho intramolecular Hbond substituents is 2. The van der Waals surface area contributed by atoms with Gasteiger partial charge in [-0.3, -0.25) is 9.98 Å². The van der Waals surface area contributed by atoms with Crippen LogP contribution < -0.4 is 14.6 Å². The molecule has 0 aliphatic carbocycles. The van der Waals surface area contributed by atoms with E-state index in [1.54, 1.807) is 24.3 Å². The Labute approximate surface area is 266 Å². The van der Waals surface area contributed by atoms with Crippen molar-refractivity contribution in [2.45, 2.75) is 123 Å². The van der Waals surface area contributed by atoms with Gasteiger partial charge < -0.3 is 24.8 Å². The summed E-state index contributed by atoms with van der Waals surface area (Å²) in [7, 11) is 0. The fraction of sp³-hybridized carbons (Fsp3) is 0.622. The summed E-state index contributed by atoms with van der Waals surface area (Å²) < 4.78 is 11.5. The molecule has 246 valence electrons. The highest BCUT2D eigenvalue weighted by Gasteiger charge is 2.04. The van der Waals surface area contributed by atoms with Gasteiger partial charge >= 0.3 is 0 Å². The average molecular weight is 610 g/mol. The maximum absolute atomic E-state index is 12.3. The number of aromatic hydroxyl groups is 2. The van der Waals surface area contributed by atoms with Crippen LogP contribution >= 0.6 is 0 Å². The molecule has 0 aromatic heterocycles. The zero-order valence-electron chi connectivity index (χ0n) is 27.4. The number of hydrogen-bond acceptors (Lipinski definition) is 7. The van der Waals surface area contributed by atoms with Crippen LogP contribution in [-0.4, -0.2) is 55.0 Å². The molecule has 0 radical (unpaired) electrons. The van der Waals surface area contributed by atoms with Gasteiger partial charge in [0.15, 0.2) is 0 Å². The second-order valence-electron chi connectivity index (χ2n) is 11.7. The number of hydrogen-bond donors (Lipinski definition) is 2. The lowest BCUT2D eigenvalue weighted by Gasteiger charge is -2.16. The van der Waals surface area contributed by atoms with Crippen LogP contribution in [-0.2, 0) is 0 Å². The third kappa shape index (κ3) is 17.3. The Morgan fingerprint density at radius 2 is 0.955 bits per heavy atom. The summed E-state index contributed by atoms with van der Waals surface area (Å²) in [5, 5.41) is 33.0. The maximum atomic E-state index is 12.3. The summed E-state index contributed by atoms with van der Waals surface area (Å²) in [6.07, 6.45) is 21.9.